The highest BCUT2D eigenvalue weighted by Gasteiger charge is 2.08. The molecule has 3 rings (SSSR count). The number of phenolic OH excluding ortho intramolecular Hbond substituents is 1. The zero-order valence-electron chi connectivity index (χ0n) is 9.21. The van der Waals surface area contributed by atoms with Crippen molar-refractivity contribution >= 4 is 22.3 Å². The molecule has 4 nitrogen and oxygen atoms in total. The summed E-state index contributed by atoms with van der Waals surface area (Å²) in [4.78, 5) is 15.5. The average molecular weight is 226 g/mol. The van der Waals surface area contributed by atoms with E-state index in [0.29, 0.717) is 5.69 Å². The molecular formula is C13H10N2O2. The molecule has 0 unspecified atom stereocenters. The van der Waals surface area contributed by atoms with Gasteiger partial charge in [-0.2, -0.15) is 0 Å². The number of carbonyl (C=O) groups excluding carboxylic acids is 1. The average Bonchev–Trinajstić information content (AvgIpc) is 2.72. The number of imidazole rings is 1. The molecule has 1 aromatic carbocycles. The molecule has 3 aromatic rings. The van der Waals surface area contributed by atoms with Crippen molar-refractivity contribution in [2.75, 3.05) is 0 Å². The minimum atomic E-state index is -0.0550. The quantitative estimate of drug-likeness (QED) is 0.648. The Labute approximate surface area is 97.1 Å². The van der Waals surface area contributed by atoms with E-state index in [1.54, 1.807) is 18.3 Å². The zero-order valence-corrected chi connectivity index (χ0v) is 9.21. The van der Waals surface area contributed by atoms with Crippen LogP contribution in [0.25, 0.3) is 16.6 Å². The second kappa shape index (κ2) is 3.31. The largest absolute Gasteiger partial charge is 0.508 e. The van der Waals surface area contributed by atoms with E-state index in [1.165, 1.54) is 6.92 Å². The van der Waals surface area contributed by atoms with Gasteiger partial charge >= 0.3 is 0 Å². The summed E-state index contributed by atoms with van der Waals surface area (Å²) in [5, 5.41) is 10.3. The summed E-state index contributed by atoms with van der Waals surface area (Å²) in [7, 11) is 0. The number of carbonyl (C=O) groups is 1. The van der Waals surface area contributed by atoms with Gasteiger partial charge in [-0.1, -0.05) is 0 Å². The molecule has 0 aliphatic heterocycles. The number of Topliss-reactive ketones (excluding diaryl/α,β-unsaturated/α-hetero) is 1. The molecule has 1 N–H and O–H groups in total. The van der Waals surface area contributed by atoms with Gasteiger partial charge in [0.05, 0.1) is 5.52 Å². The van der Waals surface area contributed by atoms with Gasteiger partial charge in [0.25, 0.3) is 0 Å². The monoisotopic (exact) mass is 226 g/mol. The van der Waals surface area contributed by atoms with Crippen LogP contribution in [0.2, 0.25) is 0 Å². The number of aromatic hydroxyl groups is 1. The van der Waals surface area contributed by atoms with Gasteiger partial charge in [-0.25, -0.2) is 4.98 Å². The molecule has 0 bridgehead atoms. The lowest BCUT2D eigenvalue weighted by Crippen LogP contribution is -1.90. The van der Waals surface area contributed by atoms with Crippen LogP contribution in [0.5, 0.6) is 5.75 Å². The SMILES string of the molecule is CC(=O)c1cn2c(ccc3cc(O)ccc32)n1. The first-order valence-corrected chi connectivity index (χ1v) is 5.27. The molecule has 2 aromatic heterocycles. The Bertz CT molecular complexity index is 744. The Morgan fingerprint density at radius 2 is 2.12 bits per heavy atom. The molecular weight excluding hydrogens is 216 g/mol. The Kier molecular flexibility index (Phi) is 1.92. The number of benzene rings is 1. The molecule has 0 fully saturated rings. The molecule has 0 amide bonds. The summed E-state index contributed by atoms with van der Waals surface area (Å²) in [5.74, 6) is 0.171. The Morgan fingerprint density at radius 1 is 1.29 bits per heavy atom. The summed E-state index contributed by atoms with van der Waals surface area (Å²) in [6, 6.07) is 8.82. The predicted octanol–water partition coefficient (Wildman–Crippen LogP) is 2.40. The lowest BCUT2D eigenvalue weighted by Gasteiger charge is -2.01. The fraction of sp³-hybridized carbons (Fsp3) is 0.0769. The van der Waals surface area contributed by atoms with Crippen molar-refractivity contribution in [3.05, 3.63) is 42.2 Å². The minimum Gasteiger partial charge on any atom is -0.508 e. The number of fused-ring (bicyclic) bond motifs is 3. The van der Waals surface area contributed by atoms with Crippen molar-refractivity contribution in [1.29, 1.82) is 0 Å². The van der Waals surface area contributed by atoms with Gasteiger partial charge in [-0.15, -0.1) is 0 Å². The van der Waals surface area contributed by atoms with E-state index in [4.69, 9.17) is 0 Å². The first-order valence-electron chi connectivity index (χ1n) is 5.27. The van der Waals surface area contributed by atoms with E-state index in [9.17, 15) is 9.90 Å². The number of rotatable bonds is 1. The first kappa shape index (κ1) is 9.84. The number of aromatic nitrogens is 2. The predicted molar refractivity (Wildman–Crippen MR) is 64.4 cm³/mol. The van der Waals surface area contributed by atoms with Gasteiger partial charge in [0.1, 0.15) is 17.1 Å². The summed E-state index contributed by atoms with van der Waals surface area (Å²) < 4.78 is 1.85. The van der Waals surface area contributed by atoms with Gasteiger partial charge in [0.15, 0.2) is 5.78 Å². The number of ketones is 1. The van der Waals surface area contributed by atoms with Crippen molar-refractivity contribution in [1.82, 2.24) is 9.38 Å². The summed E-state index contributed by atoms with van der Waals surface area (Å²) in [5.41, 5.74) is 2.10. The van der Waals surface area contributed by atoms with Crippen molar-refractivity contribution in [2.24, 2.45) is 0 Å². The molecule has 0 radical (unpaired) electrons. The van der Waals surface area contributed by atoms with Crippen LogP contribution < -0.4 is 0 Å². The topological polar surface area (TPSA) is 54.6 Å². The molecule has 84 valence electrons. The normalized spacial score (nSPS) is 11.1. The maximum Gasteiger partial charge on any atom is 0.179 e. The third kappa shape index (κ3) is 1.45. The molecule has 17 heavy (non-hydrogen) atoms. The molecule has 0 aliphatic rings. The van der Waals surface area contributed by atoms with Gasteiger partial charge in [-0.05, 0) is 30.3 Å². The molecule has 0 saturated carbocycles. The smallest absolute Gasteiger partial charge is 0.179 e. The highest BCUT2D eigenvalue weighted by Crippen LogP contribution is 2.21. The van der Waals surface area contributed by atoms with Crippen molar-refractivity contribution in [3.8, 4) is 5.75 Å². The lowest BCUT2D eigenvalue weighted by atomic mass is 10.2. The van der Waals surface area contributed by atoms with Crippen LogP contribution in [0.15, 0.2) is 36.5 Å². The van der Waals surface area contributed by atoms with Gasteiger partial charge in [-0.3, -0.25) is 9.20 Å². The van der Waals surface area contributed by atoms with Crippen LogP contribution in [0.3, 0.4) is 0 Å². The van der Waals surface area contributed by atoms with E-state index in [0.717, 1.165) is 16.6 Å². The van der Waals surface area contributed by atoms with Crippen LogP contribution in [-0.2, 0) is 0 Å². The van der Waals surface area contributed by atoms with Crippen molar-refractivity contribution in [2.45, 2.75) is 6.92 Å². The van der Waals surface area contributed by atoms with E-state index in [-0.39, 0.29) is 11.5 Å². The highest BCUT2D eigenvalue weighted by molar-refractivity contribution is 5.93. The van der Waals surface area contributed by atoms with Gasteiger partial charge < -0.3 is 5.11 Å². The summed E-state index contributed by atoms with van der Waals surface area (Å²) in [6.45, 7) is 1.50. The second-order valence-corrected chi connectivity index (χ2v) is 3.99. The van der Waals surface area contributed by atoms with Gasteiger partial charge in [0, 0.05) is 18.5 Å². The van der Waals surface area contributed by atoms with Crippen LogP contribution >= 0.6 is 0 Å². The van der Waals surface area contributed by atoms with E-state index in [1.807, 2.05) is 22.6 Å². The Balaban J connectivity index is 2.42. The highest BCUT2D eigenvalue weighted by atomic mass is 16.3. The van der Waals surface area contributed by atoms with Crippen LogP contribution in [-0.4, -0.2) is 20.3 Å². The third-order valence-corrected chi connectivity index (χ3v) is 2.78. The molecule has 0 aliphatic carbocycles. The van der Waals surface area contributed by atoms with Crippen LogP contribution in [0.4, 0.5) is 0 Å². The number of pyridine rings is 1. The third-order valence-electron chi connectivity index (χ3n) is 2.78. The van der Waals surface area contributed by atoms with E-state index >= 15 is 0 Å². The van der Waals surface area contributed by atoms with Crippen LogP contribution in [0, 0.1) is 0 Å². The fourth-order valence-electron chi connectivity index (χ4n) is 1.93. The first-order chi connectivity index (χ1) is 8.15. The standard InChI is InChI=1S/C13H10N2O2/c1-8(16)11-7-15-12-4-3-10(17)6-9(12)2-5-13(15)14-11/h2-7,17H,1H3. The minimum absolute atomic E-state index is 0.0550. The number of phenols is 1. The molecule has 0 saturated heterocycles. The Hall–Kier alpha value is -2.36. The number of hydrogen-bond donors (Lipinski definition) is 1. The maximum absolute atomic E-state index is 11.3. The summed E-state index contributed by atoms with van der Waals surface area (Å²) in [6.07, 6.45) is 1.72. The fourth-order valence-corrected chi connectivity index (χ4v) is 1.93. The van der Waals surface area contributed by atoms with Crippen LogP contribution in [0.1, 0.15) is 17.4 Å². The van der Waals surface area contributed by atoms with Crippen molar-refractivity contribution in [3.63, 3.8) is 0 Å². The lowest BCUT2D eigenvalue weighted by molar-refractivity contribution is 0.101. The molecule has 0 spiro atoms. The maximum atomic E-state index is 11.3. The van der Waals surface area contributed by atoms with Gasteiger partial charge in [0.2, 0.25) is 0 Å². The van der Waals surface area contributed by atoms with E-state index in [2.05, 4.69) is 4.98 Å². The van der Waals surface area contributed by atoms with Crippen molar-refractivity contribution < 1.29 is 9.90 Å². The second-order valence-electron chi connectivity index (χ2n) is 3.99. The Morgan fingerprint density at radius 3 is 2.88 bits per heavy atom. The summed E-state index contributed by atoms with van der Waals surface area (Å²) >= 11 is 0. The van der Waals surface area contributed by atoms with E-state index < -0.39 is 0 Å². The molecule has 0 atom stereocenters. The number of hydrogen-bond acceptors (Lipinski definition) is 3. The zero-order chi connectivity index (χ0) is 12.0. The molecule has 4 heteroatoms. The molecule has 2 heterocycles. The number of nitrogens with zero attached hydrogens (tertiary/aromatic N) is 2.